The van der Waals surface area contributed by atoms with Gasteiger partial charge in [0.05, 0.1) is 6.10 Å². The van der Waals surface area contributed by atoms with Gasteiger partial charge in [0.1, 0.15) is 0 Å². The molecule has 0 aliphatic carbocycles. The van der Waals surface area contributed by atoms with Crippen LogP contribution in [0.2, 0.25) is 5.02 Å². The topological polar surface area (TPSA) is 40.5 Å². The van der Waals surface area contributed by atoms with Gasteiger partial charge in [0.2, 0.25) is 0 Å². The Morgan fingerprint density at radius 3 is 2.33 bits per heavy atom. The molecule has 0 bridgehead atoms. The van der Waals surface area contributed by atoms with Gasteiger partial charge in [-0.15, -0.1) is 0 Å². The molecule has 1 atom stereocenters. The maximum absolute atomic E-state index is 9.81. The van der Waals surface area contributed by atoms with Crippen LogP contribution >= 0.6 is 11.6 Å². The number of hydrogen-bond acceptors (Lipinski definition) is 2. The van der Waals surface area contributed by atoms with Crippen molar-refractivity contribution in [2.24, 2.45) is 0 Å². The van der Waals surface area contributed by atoms with E-state index in [1.807, 2.05) is 12.1 Å². The van der Waals surface area contributed by atoms with Crippen molar-refractivity contribution in [2.75, 3.05) is 6.61 Å². The molecule has 1 rings (SSSR count). The SMILES string of the molecule is OCCCCCC(O)c1ccc(Cl)cc1. The van der Waals surface area contributed by atoms with Gasteiger partial charge in [-0.2, -0.15) is 0 Å². The van der Waals surface area contributed by atoms with Crippen LogP contribution in [0, 0.1) is 0 Å². The van der Waals surface area contributed by atoms with E-state index >= 15 is 0 Å². The maximum atomic E-state index is 9.81. The lowest BCUT2D eigenvalue weighted by atomic mass is 10.0. The highest BCUT2D eigenvalue weighted by Crippen LogP contribution is 2.21. The summed E-state index contributed by atoms with van der Waals surface area (Å²) in [6.07, 6.45) is 3.03. The first-order valence-electron chi connectivity index (χ1n) is 5.28. The zero-order valence-corrected chi connectivity index (χ0v) is 9.45. The standard InChI is InChI=1S/C12H17ClO2/c13-11-7-5-10(6-8-11)12(15)4-2-1-3-9-14/h5-8,12,14-15H,1-4,9H2. The Bertz CT molecular complexity index is 271. The van der Waals surface area contributed by atoms with Gasteiger partial charge in [-0.1, -0.05) is 36.6 Å². The molecular formula is C12H17ClO2. The van der Waals surface area contributed by atoms with Crippen LogP contribution < -0.4 is 0 Å². The van der Waals surface area contributed by atoms with Crippen molar-refractivity contribution in [3.05, 3.63) is 34.9 Å². The molecule has 0 spiro atoms. The summed E-state index contributed by atoms with van der Waals surface area (Å²) >= 11 is 5.75. The molecule has 2 N–H and O–H groups in total. The second-order valence-electron chi connectivity index (χ2n) is 3.64. The molecule has 1 aromatic carbocycles. The lowest BCUT2D eigenvalue weighted by Gasteiger charge is -2.10. The summed E-state index contributed by atoms with van der Waals surface area (Å²) in [6, 6.07) is 7.26. The molecular weight excluding hydrogens is 212 g/mol. The normalized spacial score (nSPS) is 12.7. The van der Waals surface area contributed by atoms with E-state index < -0.39 is 6.10 Å². The second-order valence-corrected chi connectivity index (χ2v) is 4.08. The largest absolute Gasteiger partial charge is 0.396 e. The first-order chi connectivity index (χ1) is 7.24. The molecule has 0 aliphatic heterocycles. The molecule has 0 saturated carbocycles. The summed E-state index contributed by atoms with van der Waals surface area (Å²) in [5.41, 5.74) is 0.906. The van der Waals surface area contributed by atoms with Crippen LogP contribution in [-0.4, -0.2) is 16.8 Å². The third-order valence-electron chi connectivity index (χ3n) is 2.39. The molecule has 0 radical (unpaired) electrons. The van der Waals surface area contributed by atoms with Crippen molar-refractivity contribution in [2.45, 2.75) is 31.8 Å². The highest BCUT2D eigenvalue weighted by molar-refractivity contribution is 6.30. The van der Waals surface area contributed by atoms with Crippen molar-refractivity contribution in [3.8, 4) is 0 Å². The van der Waals surface area contributed by atoms with Gasteiger partial charge >= 0.3 is 0 Å². The highest BCUT2D eigenvalue weighted by Gasteiger charge is 2.06. The average molecular weight is 229 g/mol. The Morgan fingerprint density at radius 2 is 1.73 bits per heavy atom. The van der Waals surface area contributed by atoms with E-state index in [1.165, 1.54) is 0 Å². The Morgan fingerprint density at radius 1 is 1.07 bits per heavy atom. The summed E-state index contributed by atoms with van der Waals surface area (Å²) in [5, 5.41) is 19.1. The number of aliphatic hydroxyl groups is 2. The molecule has 84 valence electrons. The third kappa shape index (κ3) is 4.65. The van der Waals surface area contributed by atoms with E-state index in [2.05, 4.69) is 0 Å². The predicted octanol–water partition coefficient (Wildman–Crippen LogP) is 2.93. The number of hydrogen-bond donors (Lipinski definition) is 2. The summed E-state index contributed by atoms with van der Waals surface area (Å²) in [7, 11) is 0. The predicted molar refractivity (Wildman–Crippen MR) is 62.0 cm³/mol. The van der Waals surface area contributed by atoms with E-state index in [0.717, 1.165) is 31.2 Å². The quantitative estimate of drug-likeness (QED) is 0.735. The van der Waals surface area contributed by atoms with Gasteiger partial charge < -0.3 is 10.2 Å². The number of benzene rings is 1. The molecule has 0 heterocycles. The van der Waals surface area contributed by atoms with Crippen LogP contribution in [0.25, 0.3) is 0 Å². The van der Waals surface area contributed by atoms with Crippen LogP contribution in [0.3, 0.4) is 0 Å². The average Bonchev–Trinajstić information content (AvgIpc) is 2.25. The van der Waals surface area contributed by atoms with Gasteiger partial charge in [-0.3, -0.25) is 0 Å². The fraction of sp³-hybridized carbons (Fsp3) is 0.500. The number of halogens is 1. The van der Waals surface area contributed by atoms with Gasteiger partial charge in [0.15, 0.2) is 0 Å². The summed E-state index contributed by atoms with van der Waals surface area (Å²) < 4.78 is 0. The minimum absolute atomic E-state index is 0.233. The molecule has 0 saturated heterocycles. The summed E-state index contributed by atoms with van der Waals surface area (Å²) in [6.45, 7) is 0.233. The highest BCUT2D eigenvalue weighted by atomic mass is 35.5. The van der Waals surface area contributed by atoms with Crippen LogP contribution in [-0.2, 0) is 0 Å². The van der Waals surface area contributed by atoms with Gasteiger partial charge in [-0.25, -0.2) is 0 Å². The molecule has 2 nitrogen and oxygen atoms in total. The minimum atomic E-state index is -0.416. The lowest BCUT2D eigenvalue weighted by molar-refractivity contribution is 0.162. The van der Waals surface area contributed by atoms with Gasteiger partial charge in [0, 0.05) is 11.6 Å². The zero-order valence-electron chi connectivity index (χ0n) is 8.69. The van der Waals surface area contributed by atoms with E-state index in [0.29, 0.717) is 5.02 Å². The lowest BCUT2D eigenvalue weighted by Crippen LogP contribution is -1.97. The maximum Gasteiger partial charge on any atom is 0.0790 e. The molecule has 1 unspecified atom stereocenters. The Kier molecular flexibility index (Phi) is 5.69. The smallest absolute Gasteiger partial charge is 0.0790 e. The molecule has 3 heteroatoms. The van der Waals surface area contributed by atoms with Gasteiger partial charge in [0.25, 0.3) is 0 Å². The van der Waals surface area contributed by atoms with Gasteiger partial charge in [-0.05, 0) is 30.5 Å². The summed E-state index contributed by atoms with van der Waals surface area (Å²) in [5.74, 6) is 0. The van der Waals surface area contributed by atoms with Crippen molar-refractivity contribution >= 4 is 11.6 Å². The molecule has 0 fully saturated rings. The van der Waals surface area contributed by atoms with E-state index in [4.69, 9.17) is 16.7 Å². The Labute approximate surface area is 95.5 Å². The fourth-order valence-corrected chi connectivity index (χ4v) is 1.60. The zero-order chi connectivity index (χ0) is 11.1. The molecule has 0 aromatic heterocycles. The fourth-order valence-electron chi connectivity index (χ4n) is 1.48. The molecule has 15 heavy (non-hydrogen) atoms. The molecule has 0 amide bonds. The summed E-state index contributed by atoms with van der Waals surface area (Å²) in [4.78, 5) is 0. The van der Waals surface area contributed by atoms with E-state index in [9.17, 15) is 5.11 Å². The van der Waals surface area contributed by atoms with Crippen molar-refractivity contribution in [1.82, 2.24) is 0 Å². The van der Waals surface area contributed by atoms with Crippen molar-refractivity contribution < 1.29 is 10.2 Å². The molecule has 1 aromatic rings. The minimum Gasteiger partial charge on any atom is -0.396 e. The first-order valence-corrected chi connectivity index (χ1v) is 5.66. The van der Waals surface area contributed by atoms with Crippen LogP contribution in [0.5, 0.6) is 0 Å². The number of unbranched alkanes of at least 4 members (excludes halogenated alkanes) is 2. The van der Waals surface area contributed by atoms with Crippen LogP contribution in [0.4, 0.5) is 0 Å². The molecule has 0 aliphatic rings. The Hall–Kier alpha value is -0.570. The second kappa shape index (κ2) is 6.83. The monoisotopic (exact) mass is 228 g/mol. The third-order valence-corrected chi connectivity index (χ3v) is 2.64. The van der Waals surface area contributed by atoms with Crippen LogP contribution in [0.1, 0.15) is 37.4 Å². The van der Waals surface area contributed by atoms with E-state index in [-0.39, 0.29) is 6.61 Å². The number of aliphatic hydroxyl groups excluding tert-OH is 2. The van der Waals surface area contributed by atoms with Crippen molar-refractivity contribution in [3.63, 3.8) is 0 Å². The Balaban J connectivity index is 2.33. The van der Waals surface area contributed by atoms with Crippen molar-refractivity contribution in [1.29, 1.82) is 0 Å². The number of rotatable bonds is 6. The van der Waals surface area contributed by atoms with E-state index in [1.54, 1.807) is 12.1 Å². The first kappa shape index (κ1) is 12.5. The van der Waals surface area contributed by atoms with Crippen LogP contribution in [0.15, 0.2) is 24.3 Å².